The largest absolute Gasteiger partial charge is 0.346 e. The summed E-state index contributed by atoms with van der Waals surface area (Å²) in [5.74, 6) is 0. The lowest BCUT2D eigenvalue weighted by atomic mass is 9.89. The summed E-state index contributed by atoms with van der Waals surface area (Å²) >= 11 is 0. The van der Waals surface area contributed by atoms with Gasteiger partial charge in [-0.2, -0.15) is 0 Å². The molecule has 0 bridgehead atoms. The van der Waals surface area contributed by atoms with Gasteiger partial charge < -0.3 is 9.88 Å². The van der Waals surface area contributed by atoms with E-state index in [1.165, 1.54) is 47.8 Å². The molecular formula is C18H26N2. The second kappa shape index (κ2) is 5.25. The first-order valence-electron chi connectivity index (χ1n) is 7.84. The third-order valence-corrected chi connectivity index (χ3v) is 5.16. The number of fused-ring (bicyclic) bond motifs is 1. The summed E-state index contributed by atoms with van der Waals surface area (Å²) in [5.41, 5.74) is 4.72. The summed E-state index contributed by atoms with van der Waals surface area (Å²) in [6.07, 6.45) is 5.58. The molecule has 1 N–H and O–H groups in total. The highest BCUT2D eigenvalue weighted by atomic mass is 15.0. The Bertz CT molecular complexity index is 564. The molecule has 2 nitrogen and oxygen atoms in total. The van der Waals surface area contributed by atoms with E-state index in [1.54, 1.807) is 0 Å². The Morgan fingerprint density at radius 2 is 1.90 bits per heavy atom. The van der Waals surface area contributed by atoms with Gasteiger partial charge in [-0.15, -0.1) is 0 Å². The Kier molecular flexibility index (Phi) is 3.59. The molecule has 1 heterocycles. The number of para-hydroxylation sites is 1. The van der Waals surface area contributed by atoms with E-state index in [2.05, 4.69) is 55.0 Å². The van der Waals surface area contributed by atoms with E-state index in [4.69, 9.17) is 0 Å². The van der Waals surface area contributed by atoms with E-state index in [9.17, 15) is 0 Å². The monoisotopic (exact) mass is 270 g/mol. The third kappa shape index (κ3) is 2.37. The molecule has 1 fully saturated rings. The SMILES string of the molecule is Cc1c(CNCC2(C)CCCC2)n(C)c2ccccc12. The topological polar surface area (TPSA) is 17.0 Å². The average molecular weight is 270 g/mol. The summed E-state index contributed by atoms with van der Waals surface area (Å²) in [6.45, 7) is 6.80. The number of aromatic nitrogens is 1. The van der Waals surface area contributed by atoms with Gasteiger partial charge in [0.15, 0.2) is 0 Å². The zero-order valence-corrected chi connectivity index (χ0v) is 13.0. The van der Waals surface area contributed by atoms with Crippen LogP contribution < -0.4 is 5.32 Å². The second-order valence-electron chi connectivity index (χ2n) is 6.77. The summed E-state index contributed by atoms with van der Waals surface area (Å²) in [5, 5.41) is 5.09. The van der Waals surface area contributed by atoms with Crippen molar-refractivity contribution in [2.75, 3.05) is 6.54 Å². The van der Waals surface area contributed by atoms with E-state index >= 15 is 0 Å². The Hall–Kier alpha value is -1.28. The molecule has 0 atom stereocenters. The number of rotatable bonds is 4. The molecule has 1 aromatic carbocycles. The lowest BCUT2D eigenvalue weighted by Crippen LogP contribution is -2.29. The van der Waals surface area contributed by atoms with Crippen LogP contribution >= 0.6 is 0 Å². The molecule has 0 unspecified atom stereocenters. The van der Waals surface area contributed by atoms with Crippen LogP contribution in [0.5, 0.6) is 0 Å². The van der Waals surface area contributed by atoms with Crippen LogP contribution in [-0.4, -0.2) is 11.1 Å². The van der Waals surface area contributed by atoms with Crippen molar-refractivity contribution in [2.45, 2.75) is 46.1 Å². The van der Waals surface area contributed by atoms with Crippen molar-refractivity contribution in [1.29, 1.82) is 0 Å². The average Bonchev–Trinajstić information content (AvgIpc) is 2.98. The van der Waals surface area contributed by atoms with Crippen molar-refractivity contribution in [2.24, 2.45) is 12.5 Å². The molecule has 3 rings (SSSR count). The van der Waals surface area contributed by atoms with Crippen molar-refractivity contribution in [3.63, 3.8) is 0 Å². The molecule has 0 aliphatic heterocycles. The van der Waals surface area contributed by atoms with Gasteiger partial charge in [-0.05, 0) is 36.8 Å². The fourth-order valence-electron chi connectivity index (χ4n) is 3.77. The van der Waals surface area contributed by atoms with Gasteiger partial charge in [-0.3, -0.25) is 0 Å². The van der Waals surface area contributed by atoms with Crippen LogP contribution in [0.3, 0.4) is 0 Å². The molecule has 1 aliphatic carbocycles. The second-order valence-corrected chi connectivity index (χ2v) is 6.77. The fourth-order valence-corrected chi connectivity index (χ4v) is 3.77. The fraction of sp³-hybridized carbons (Fsp3) is 0.556. The molecule has 2 aromatic rings. The molecule has 0 spiro atoms. The van der Waals surface area contributed by atoms with Gasteiger partial charge >= 0.3 is 0 Å². The van der Waals surface area contributed by atoms with E-state index in [-0.39, 0.29) is 0 Å². The summed E-state index contributed by atoms with van der Waals surface area (Å²) in [6, 6.07) is 8.70. The Morgan fingerprint density at radius 1 is 1.20 bits per heavy atom. The number of nitrogens with zero attached hydrogens (tertiary/aromatic N) is 1. The van der Waals surface area contributed by atoms with Crippen LogP contribution in [0.25, 0.3) is 10.9 Å². The number of nitrogens with one attached hydrogen (secondary N) is 1. The first kappa shape index (κ1) is 13.7. The molecule has 20 heavy (non-hydrogen) atoms. The smallest absolute Gasteiger partial charge is 0.0483 e. The predicted molar refractivity (Wildman–Crippen MR) is 85.9 cm³/mol. The van der Waals surface area contributed by atoms with Gasteiger partial charge in [0.2, 0.25) is 0 Å². The highest BCUT2D eigenvalue weighted by molar-refractivity contribution is 5.85. The molecule has 2 heteroatoms. The zero-order chi connectivity index (χ0) is 14.2. The van der Waals surface area contributed by atoms with Gasteiger partial charge in [0, 0.05) is 36.7 Å². The summed E-state index contributed by atoms with van der Waals surface area (Å²) in [4.78, 5) is 0. The first-order chi connectivity index (χ1) is 9.61. The lowest BCUT2D eigenvalue weighted by molar-refractivity contribution is 0.313. The van der Waals surface area contributed by atoms with Gasteiger partial charge in [0.05, 0.1) is 0 Å². The number of hydrogen-bond donors (Lipinski definition) is 1. The van der Waals surface area contributed by atoms with E-state index in [1.807, 2.05) is 0 Å². The molecule has 108 valence electrons. The van der Waals surface area contributed by atoms with Crippen molar-refractivity contribution in [1.82, 2.24) is 9.88 Å². The maximum atomic E-state index is 3.71. The molecule has 1 saturated carbocycles. The quantitative estimate of drug-likeness (QED) is 0.883. The molecule has 1 aliphatic rings. The van der Waals surface area contributed by atoms with Gasteiger partial charge in [-0.25, -0.2) is 0 Å². The Labute approximate surface area is 122 Å². The molecule has 0 saturated heterocycles. The maximum absolute atomic E-state index is 3.71. The van der Waals surface area contributed by atoms with E-state index < -0.39 is 0 Å². The number of benzene rings is 1. The van der Waals surface area contributed by atoms with Crippen molar-refractivity contribution in [3.8, 4) is 0 Å². The predicted octanol–water partition coefficient (Wildman–Crippen LogP) is 4.16. The standard InChI is InChI=1S/C18H26N2/c1-14-15-8-4-5-9-16(15)20(3)17(14)12-19-13-18(2)10-6-7-11-18/h4-5,8-9,19H,6-7,10-13H2,1-3H3. The Balaban J connectivity index is 1.74. The van der Waals surface area contributed by atoms with Gasteiger partial charge in [0.1, 0.15) is 0 Å². The summed E-state index contributed by atoms with van der Waals surface area (Å²) < 4.78 is 2.34. The van der Waals surface area contributed by atoms with E-state index in [0.717, 1.165) is 13.1 Å². The minimum Gasteiger partial charge on any atom is -0.346 e. The van der Waals surface area contributed by atoms with Crippen LogP contribution in [0.2, 0.25) is 0 Å². The van der Waals surface area contributed by atoms with Crippen molar-refractivity contribution < 1.29 is 0 Å². The highest BCUT2D eigenvalue weighted by Crippen LogP contribution is 2.36. The van der Waals surface area contributed by atoms with Gasteiger partial charge in [-0.1, -0.05) is 38.0 Å². The van der Waals surface area contributed by atoms with Crippen LogP contribution in [0, 0.1) is 12.3 Å². The van der Waals surface area contributed by atoms with Crippen molar-refractivity contribution in [3.05, 3.63) is 35.5 Å². The third-order valence-electron chi connectivity index (χ3n) is 5.16. The number of aryl methyl sites for hydroxylation is 2. The van der Waals surface area contributed by atoms with Crippen LogP contribution in [0.1, 0.15) is 43.9 Å². The first-order valence-corrected chi connectivity index (χ1v) is 7.84. The van der Waals surface area contributed by atoms with Crippen LogP contribution in [0.15, 0.2) is 24.3 Å². The summed E-state index contributed by atoms with van der Waals surface area (Å²) in [7, 11) is 2.18. The molecule has 0 amide bonds. The lowest BCUT2D eigenvalue weighted by Gasteiger charge is -2.24. The highest BCUT2D eigenvalue weighted by Gasteiger charge is 2.28. The van der Waals surface area contributed by atoms with Crippen LogP contribution in [-0.2, 0) is 13.6 Å². The maximum Gasteiger partial charge on any atom is 0.0483 e. The minimum absolute atomic E-state index is 0.526. The normalized spacial score (nSPS) is 17.9. The Morgan fingerprint density at radius 3 is 2.60 bits per heavy atom. The number of hydrogen-bond acceptors (Lipinski definition) is 1. The molecule has 0 radical (unpaired) electrons. The molecular weight excluding hydrogens is 244 g/mol. The van der Waals surface area contributed by atoms with E-state index in [0.29, 0.717) is 5.41 Å². The van der Waals surface area contributed by atoms with Gasteiger partial charge in [0.25, 0.3) is 0 Å². The zero-order valence-electron chi connectivity index (χ0n) is 13.0. The van der Waals surface area contributed by atoms with Crippen LogP contribution in [0.4, 0.5) is 0 Å². The minimum atomic E-state index is 0.526. The molecule has 1 aromatic heterocycles. The van der Waals surface area contributed by atoms with Crippen molar-refractivity contribution >= 4 is 10.9 Å².